The molecule has 0 spiro atoms. The summed E-state index contributed by atoms with van der Waals surface area (Å²) in [7, 11) is 0. The predicted molar refractivity (Wildman–Crippen MR) is 87.2 cm³/mol. The minimum Gasteiger partial charge on any atom is -0.245 e. The fourth-order valence-corrected chi connectivity index (χ4v) is 3.24. The lowest BCUT2D eigenvalue weighted by molar-refractivity contribution is 0.579. The van der Waals surface area contributed by atoms with E-state index < -0.39 is 11.6 Å². The Labute approximate surface area is 137 Å². The fourth-order valence-electron chi connectivity index (χ4n) is 2.13. The number of hydrogen-bond acceptors (Lipinski definition) is 4. The van der Waals surface area contributed by atoms with Gasteiger partial charge in [0, 0.05) is 11.6 Å². The van der Waals surface area contributed by atoms with Crippen LogP contribution < -0.4 is 0 Å². The molecule has 1 aromatic carbocycles. The quantitative estimate of drug-likeness (QED) is 0.674. The second kappa shape index (κ2) is 5.77. The number of benzene rings is 1. The largest absolute Gasteiger partial charge is 0.245 e. The predicted octanol–water partition coefficient (Wildman–Crippen LogP) is 4.84. The Hall–Kier alpha value is -2.21. The molecule has 0 fully saturated rings. The maximum atomic E-state index is 14.2. The summed E-state index contributed by atoms with van der Waals surface area (Å²) in [4.78, 5) is 13.3. The number of nitrogens with zero attached hydrogens (tertiary/aromatic N) is 3. The average molecular weight is 331 g/mol. The van der Waals surface area contributed by atoms with Gasteiger partial charge in [-0.05, 0) is 18.2 Å². The molecule has 2 aromatic heterocycles. The topological polar surface area (TPSA) is 38.7 Å². The zero-order valence-corrected chi connectivity index (χ0v) is 13.8. The molecule has 6 heteroatoms. The maximum Gasteiger partial charge on any atom is 0.135 e. The molecular weight excluding hydrogens is 316 g/mol. The van der Waals surface area contributed by atoms with Crippen molar-refractivity contribution in [2.24, 2.45) is 0 Å². The monoisotopic (exact) mass is 331 g/mol. The van der Waals surface area contributed by atoms with Crippen LogP contribution in [0.5, 0.6) is 0 Å². The third-order valence-electron chi connectivity index (χ3n) is 3.28. The highest BCUT2D eigenvalue weighted by molar-refractivity contribution is 7.15. The first-order valence-corrected chi connectivity index (χ1v) is 7.91. The molecule has 0 bridgehead atoms. The third-order valence-corrected chi connectivity index (χ3v) is 4.79. The van der Waals surface area contributed by atoms with Gasteiger partial charge in [0.15, 0.2) is 0 Å². The van der Waals surface area contributed by atoms with Crippen LogP contribution in [-0.4, -0.2) is 15.0 Å². The van der Waals surface area contributed by atoms with E-state index in [0.29, 0.717) is 10.6 Å². The smallest absolute Gasteiger partial charge is 0.135 e. The lowest BCUT2D eigenvalue weighted by atomic mass is 9.98. The maximum absolute atomic E-state index is 14.2. The van der Waals surface area contributed by atoms with Crippen molar-refractivity contribution in [2.45, 2.75) is 26.2 Å². The molecule has 23 heavy (non-hydrogen) atoms. The van der Waals surface area contributed by atoms with Gasteiger partial charge in [-0.25, -0.2) is 23.7 Å². The van der Waals surface area contributed by atoms with Gasteiger partial charge in [0.05, 0.1) is 26.8 Å². The van der Waals surface area contributed by atoms with Gasteiger partial charge < -0.3 is 0 Å². The third kappa shape index (κ3) is 2.99. The summed E-state index contributed by atoms with van der Waals surface area (Å²) < 4.78 is 28.5. The van der Waals surface area contributed by atoms with Crippen molar-refractivity contribution in [3.8, 4) is 21.8 Å². The second-order valence-corrected chi connectivity index (χ2v) is 7.14. The molecule has 0 aliphatic carbocycles. The van der Waals surface area contributed by atoms with Gasteiger partial charge >= 0.3 is 0 Å². The lowest BCUT2D eigenvalue weighted by Crippen LogP contribution is -2.10. The molecule has 0 unspecified atom stereocenters. The first-order chi connectivity index (χ1) is 10.9. The second-order valence-electron chi connectivity index (χ2n) is 6.14. The summed E-state index contributed by atoms with van der Waals surface area (Å²) in [5, 5.41) is 0.795. The molecule has 0 aliphatic heterocycles. The van der Waals surface area contributed by atoms with E-state index >= 15 is 0 Å². The van der Waals surface area contributed by atoms with Crippen LogP contribution >= 0.6 is 11.3 Å². The first-order valence-electron chi connectivity index (χ1n) is 7.10. The van der Waals surface area contributed by atoms with E-state index in [2.05, 4.69) is 15.0 Å². The van der Waals surface area contributed by atoms with Crippen molar-refractivity contribution < 1.29 is 8.78 Å². The van der Waals surface area contributed by atoms with Crippen LogP contribution in [0, 0.1) is 11.6 Å². The van der Waals surface area contributed by atoms with E-state index in [1.165, 1.54) is 35.9 Å². The van der Waals surface area contributed by atoms with E-state index in [9.17, 15) is 8.78 Å². The highest BCUT2D eigenvalue weighted by Gasteiger charge is 2.26. The molecule has 0 saturated carbocycles. The molecular formula is C17H15F2N3S. The number of hydrogen-bond donors (Lipinski definition) is 0. The molecule has 0 atom stereocenters. The van der Waals surface area contributed by atoms with Crippen LogP contribution in [0.1, 0.15) is 25.8 Å². The van der Waals surface area contributed by atoms with Gasteiger partial charge in [0.25, 0.3) is 0 Å². The van der Waals surface area contributed by atoms with Crippen LogP contribution in [-0.2, 0) is 5.41 Å². The van der Waals surface area contributed by atoms with Crippen LogP contribution in [0.25, 0.3) is 21.8 Å². The summed E-state index contributed by atoms with van der Waals surface area (Å²) in [6, 6.07) is 5.52. The van der Waals surface area contributed by atoms with Crippen LogP contribution in [0.3, 0.4) is 0 Å². The van der Waals surface area contributed by atoms with E-state index in [4.69, 9.17) is 0 Å². The van der Waals surface area contributed by atoms with Crippen molar-refractivity contribution in [3.63, 3.8) is 0 Å². The van der Waals surface area contributed by atoms with E-state index in [0.717, 1.165) is 5.01 Å². The average Bonchev–Trinajstić information content (AvgIpc) is 2.93. The molecule has 0 amide bonds. The Balaban J connectivity index is 2.29. The number of halogens is 2. The minimum atomic E-state index is -0.633. The van der Waals surface area contributed by atoms with Crippen molar-refractivity contribution in [1.29, 1.82) is 0 Å². The summed E-state index contributed by atoms with van der Waals surface area (Å²) in [6.45, 7) is 6.03. The van der Waals surface area contributed by atoms with E-state index in [1.807, 2.05) is 20.8 Å². The van der Waals surface area contributed by atoms with Gasteiger partial charge in [-0.2, -0.15) is 0 Å². The zero-order valence-electron chi connectivity index (χ0n) is 13.0. The molecule has 3 rings (SSSR count). The zero-order chi connectivity index (χ0) is 16.6. The van der Waals surface area contributed by atoms with Gasteiger partial charge in [0.1, 0.15) is 18.0 Å². The van der Waals surface area contributed by atoms with Gasteiger partial charge in [-0.15, -0.1) is 11.3 Å². The highest BCUT2D eigenvalue weighted by Crippen LogP contribution is 2.41. The molecule has 3 aromatic rings. The molecule has 3 nitrogen and oxygen atoms in total. The van der Waals surface area contributed by atoms with Crippen molar-refractivity contribution in [1.82, 2.24) is 15.0 Å². The molecule has 0 saturated heterocycles. The Morgan fingerprint density at radius 1 is 1.04 bits per heavy atom. The van der Waals surface area contributed by atoms with E-state index in [-0.39, 0.29) is 16.7 Å². The minimum absolute atomic E-state index is 0.118. The molecule has 0 N–H and O–H groups in total. The molecule has 0 aliphatic rings. The number of aromatic nitrogens is 3. The van der Waals surface area contributed by atoms with Crippen LogP contribution in [0.2, 0.25) is 0 Å². The van der Waals surface area contributed by atoms with Gasteiger partial charge in [-0.1, -0.05) is 26.8 Å². The van der Waals surface area contributed by atoms with Crippen LogP contribution in [0.4, 0.5) is 8.78 Å². The Morgan fingerprint density at radius 2 is 1.74 bits per heavy atom. The summed E-state index contributed by atoms with van der Waals surface area (Å²) in [5.41, 5.74) is 0.541. The highest BCUT2D eigenvalue weighted by atomic mass is 32.1. The SMILES string of the molecule is CC(C)(C)c1nc(-c2c(F)cccc2F)c(-c2ccncn2)s1. The Bertz CT molecular complexity index is 819. The van der Waals surface area contributed by atoms with Crippen molar-refractivity contribution >= 4 is 11.3 Å². The van der Waals surface area contributed by atoms with Gasteiger partial charge in [-0.3, -0.25) is 0 Å². The molecule has 0 radical (unpaired) electrons. The van der Waals surface area contributed by atoms with Gasteiger partial charge in [0.2, 0.25) is 0 Å². The first kappa shape index (κ1) is 15.7. The number of rotatable bonds is 2. The lowest BCUT2D eigenvalue weighted by Gasteiger charge is -2.13. The molecule has 2 heterocycles. The van der Waals surface area contributed by atoms with E-state index in [1.54, 1.807) is 12.3 Å². The van der Waals surface area contributed by atoms with Crippen molar-refractivity contribution in [3.05, 3.63) is 53.4 Å². The Morgan fingerprint density at radius 3 is 2.30 bits per heavy atom. The van der Waals surface area contributed by atoms with Crippen LogP contribution in [0.15, 0.2) is 36.8 Å². The normalized spacial score (nSPS) is 11.7. The summed E-state index contributed by atoms with van der Waals surface area (Å²) in [5.74, 6) is -1.27. The summed E-state index contributed by atoms with van der Waals surface area (Å²) in [6.07, 6.45) is 3.01. The van der Waals surface area contributed by atoms with Crippen molar-refractivity contribution in [2.75, 3.05) is 0 Å². The summed E-state index contributed by atoms with van der Waals surface area (Å²) >= 11 is 1.40. The fraction of sp³-hybridized carbons (Fsp3) is 0.235. The molecule has 118 valence electrons. The standard InChI is InChI=1S/C17H15F2N3S/c1-17(2,3)16-22-14(13-10(18)5-4-6-11(13)19)15(23-16)12-7-8-20-9-21-12/h4-9H,1-3H3. The number of thiazole rings is 1. The Kier molecular flexibility index (Phi) is 3.93.